The molecule has 3 nitrogen and oxygen atoms in total. The molecule has 1 saturated heterocycles. The topological polar surface area (TPSA) is 23.6 Å². The maximum absolute atomic E-state index is 11.7. The predicted octanol–water partition coefficient (Wildman–Crippen LogP) is 1.66. The first-order valence-corrected chi connectivity index (χ1v) is 4.81. The van der Waals surface area contributed by atoms with Crippen molar-refractivity contribution in [1.29, 1.82) is 0 Å². The van der Waals surface area contributed by atoms with E-state index in [9.17, 15) is 4.79 Å². The molecule has 2 rings (SSSR count). The van der Waals surface area contributed by atoms with Crippen LogP contribution in [-0.4, -0.2) is 24.0 Å². The van der Waals surface area contributed by atoms with Gasteiger partial charge in [0.15, 0.2) is 0 Å². The van der Waals surface area contributed by atoms with E-state index in [1.165, 1.54) is 0 Å². The molecule has 0 aliphatic carbocycles. The van der Waals surface area contributed by atoms with Gasteiger partial charge in [0.05, 0.1) is 5.69 Å². The molecule has 3 heteroatoms. The van der Waals surface area contributed by atoms with E-state index in [1.54, 1.807) is 5.01 Å². The molecule has 1 atom stereocenters. The van der Waals surface area contributed by atoms with Crippen molar-refractivity contribution < 1.29 is 4.79 Å². The van der Waals surface area contributed by atoms with Crippen molar-refractivity contribution in [2.45, 2.75) is 19.4 Å². The van der Waals surface area contributed by atoms with Gasteiger partial charge < -0.3 is 0 Å². The molecule has 0 radical (unpaired) electrons. The van der Waals surface area contributed by atoms with Crippen LogP contribution in [0.4, 0.5) is 5.69 Å². The molecule has 1 aromatic rings. The summed E-state index contributed by atoms with van der Waals surface area (Å²) in [5, 5.41) is 3.72. The highest BCUT2D eigenvalue weighted by Gasteiger charge is 2.32. The fourth-order valence-electron chi connectivity index (χ4n) is 1.74. The third-order valence-electron chi connectivity index (χ3n) is 2.66. The number of benzene rings is 1. The second kappa shape index (κ2) is 3.42. The van der Waals surface area contributed by atoms with Crippen molar-refractivity contribution in [3.63, 3.8) is 0 Å². The van der Waals surface area contributed by atoms with Crippen molar-refractivity contribution in [3.8, 4) is 0 Å². The number of carbonyl (C=O) groups excluding carboxylic acids is 1. The minimum absolute atomic E-state index is 0.172. The Labute approximate surface area is 83.9 Å². The SMILES string of the molecule is C[C@@H]1CC(=O)N(c2ccccc2)N1C. The quantitative estimate of drug-likeness (QED) is 0.672. The van der Waals surface area contributed by atoms with Gasteiger partial charge in [-0.25, -0.2) is 10.0 Å². The maximum atomic E-state index is 11.7. The third-order valence-corrected chi connectivity index (χ3v) is 2.66. The Morgan fingerprint density at radius 3 is 2.43 bits per heavy atom. The zero-order valence-corrected chi connectivity index (χ0v) is 8.47. The van der Waals surface area contributed by atoms with Gasteiger partial charge in [0.25, 0.3) is 0 Å². The first-order valence-electron chi connectivity index (χ1n) is 4.81. The largest absolute Gasteiger partial charge is 0.273 e. The van der Waals surface area contributed by atoms with Crippen LogP contribution in [0.15, 0.2) is 30.3 Å². The summed E-state index contributed by atoms with van der Waals surface area (Å²) in [5.41, 5.74) is 0.948. The highest BCUT2D eigenvalue weighted by molar-refractivity contribution is 5.94. The Morgan fingerprint density at radius 1 is 1.29 bits per heavy atom. The van der Waals surface area contributed by atoms with Gasteiger partial charge in [0, 0.05) is 19.5 Å². The monoisotopic (exact) mass is 190 g/mol. The summed E-state index contributed by atoms with van der Waals surface area (Å²) in [6.07, 6.45) is 0.603. The number of hydrazine groups is 1. The molecule has 0 aromatic heterocycles. The van der Waals surface area contributed by atoms with E-state index >= 15 is 0 Å². The van der Waals surface area contributed by atoms with Crippen LogP contribution in [-0.2, 0) is 4.79 Å². The normalized spacial score (nSPS) is 23.1. The molecule has 0 saturated carbocycles. The summed E-state index contributed by atoms with van der Waals surface area (Å²) < 4.78 is 0. The van der Waals surface area contributed by atoms with Crippen LogP contribution in [0, 0.1) is 0 Å². The molecule has 74 valence electrons. The second-order valence-corrected chi connectivity index (χ2v) is 3.67. The van der Waals surface area contributed by atoms with Gasteiger partial charge in [-0.05, 0) is 19.1 Å². The van der Waals surface area contributed by atoms with Crippen molar-refractivity contribution >= 4 is 11.6 Å². The lowest BCUT2D eigenvalue weighted by atomic mass is 10.2. The highest BCUT2D eigenvalue weighted by Crippen LogP contribution is 2.24. The number of rotatable bonds is 1. The Bertz CT molecular complexity index is 336. The minimum Gasteiger partial charge on any atom is -0.273 e. The predicted molar refractivity (Wildman–Crippen MR) is 55.8 cm³/mol. The minimum atomic E-state index is 0.172. The number of hydrogen-bond donors (Lipinski definition) is 0. The lowest BCUT2D eigenvalue weighted by Crippen LogP contribution is -2.38. The smallest absolute Gasteiger partial charge is 0.243 e. The molecule has 0 bridgehead atoms. The van der Waals surface area contributed by atoms with Gasteiger partial charge >= 0.3 is 0 Å². The van der Waals surface area contributed by atoms with Crippen LogP contribution in [0.3, 0.4) is 0 Å². The van der Waals surface area contributed by atoms with E-state index < -0.39 is 0 Å². The molecule has 0 spiro atoms. The van der Waals surface area contributed by atoms with E-state index in [0.29, 0.717) is 12.5 Å². The number of amides is 1. The van der Waals surface area contributed by atoms with Crippen molar-refractivity contribution in [1.82, 2.24) is 5.01 Å². The molecule has 1 aromatic carbocycles. The summed E-state index contributed by atoms with van der Waals surface area (Å²) in [7, 11) is 1.95. The molecular formula is C11H14N2O. The van der Waals surface area contributed by atoms with E-state index in [4.69, 9.17) is 0 Å². The van der Waals surface area contributed by atoms with E-state index in [2.05, 4.69) is 6.92 Å². The highest BCUT2D eigenvalue weighted by atomic mass is 16.2. The Hall–Kier alpha value is -1.35. The van der Waals surface area contributed by atoms with E-state index in [-0.39, 0.29) is 5.91 Å². The van der Waals surface area contributed by atoms with Gasteiger partial charge in [0.2, 0.25) is 5.91 Å². The van der Waals surface area contributed by atoms with Crippen LogP contribution in [0.25, 0.3) is 0 Å². The number of para-hydroxylation sites is 1. The molecular weight excluding hydrogens is 176 g/mol. The molecule has 1 aliphatic heterocycles. The standard InChI is InChI=1S/C11H14N2O/c1-9-8-11(14)13(12(9)2)10-6-4-3-5-7-10/h3-7,9H,8H2,1-2H3/t9-/m1/s1. The van der Waals surface area contributed by atoms with Crippen molar-refractivity contribution in [2.24, 2.45) is 0 Å². The number of hydrogen-bond acceptors (Lipinski definition) is 2. The summed E-state index contributed by atoms with van der Waals surface area (Å²) in [6, 6.07) is 10.0. The van der Waals surface area contributed by atoms with Gasteiger partial charge in [-0.2, -0.15) is 0 Å². The fraction of sp³-hybridized carbons (Fsp3) is 0.364. The average Bonchev–Trinajstić information content (AvgIpc) is 2.43. The Kier molecular flexibility index (Phi) is 2.25. The summed E-state index contributed by atoms with van der Waals surface area (Å²) in [6.45, 7) is 2.06. The Balaban J connectivity index is 2.31. The maximum Gasteiger partial charge on any atom is 0.243 e. The number of nitrogens with zero attached hydrogens (tertiary/aromatic N) is 2. The molecule has 1 heterocycles. The third kappa shape index (κ3) is 1.40. The van der Waals surface area contributed by atoms with Crippen LogP contribution in [0.5, 0.6) is 0 Å². The van der Waals surface area contributed by atoms with Crippen LogP contribution in [0.1, 0.15) is 13.3 Å². The lowest BCUT2D eigenvalue weighted by Gasteiger charge is -2.26. The van der Waals surface area contributed by atoms with Crippen molar-refractivity contribution in [3.05, 3.63) is 30.3 Å². The first kappa shape index (κ1) is 9.21. The zero-order chi connectivity index (χ0) is 10.1. The van der Waals surface area contributed by atoms with E-state index in [0.717, 1.165) is 5.69 Å². The second-order valence-electron chi connectivity index (χ2n) is 3.67. The Morgan fingerprint density at radius 2 is 1.93 bits per heavy atom. The van der Waals surface area contributed by atoms with Crippen LogP contribution >= 0.6 is 0 Å². The molecule has 1 amide bonds. The first-order chi connectivity index (χ1) is 6.70. The molecule has 14 heavy (non-hydrogen) atoms. The lowest BCUT2D eigenvalue weighted by molar-refractivity contribution is -0.117. The zero-order valence-electron chi connectivity index (χ0n) is 8.47. The van der Waals surface area contributed by atoms with Gasteiger partial charge in [0.1, 0.15) is 0 Å². The molecule has 1 aliphatic rings. The average molecular weight is 190 g/mol. The van der Waals surface area contributed by atoms with Gasteiger partial charge in [-0.15, -0.1) is 0 Å². The molecule has 1 fully saturated rings. The summed E-state index contributed by atoms with van der Waals surface area (Å²) in [5.74, 6) is 0.172. The molecule has 0 unspecified atom stereocenters. The van der Waals surface area contributed by atoms with Crippen LogP contribution < -0.4 is 5.01 Å². The molecule has 0 N–H and O–H groups in total. The van der Waals surface area contributed by atoms with Crippen LogP contribution in [0.2, 0.25) is 0 Å². The van der Waals surface area contributed by atoms with Crippen molar-refractivity contribution in [2.75, 3.05) is 12.1 Å². The van der Waals surface area contributed by atoms with E-state index in [1.807, 2.05) is 42.4 Å². The number of anilines is 1. The summed E-state index contributed by atoms with van der Waals surface area (Å²) in [4.78, 5) is 11.7. The van der Waals surface area contributed by atoms with Gasteiger partial charge in [-0.3, -0.25) is 4.79 Å². The van der Waals surface area contributed by atoms with Gasteiger partial charge in [-0.1, -0.05) is 18.2 Å². The summed E-state index contributed by atoms with van der Waals surface area (Å²) >= 11 is 0. The number of carbonyl (C=O) groups is 1. The fourth-order valence-corrected chi connectivity index (χ4v) is 1.74.